The molecule has 0 spiro atoms. The molecule has 6 nitrogen and oxygen atoms in total. The van der Waals surface area contributed by atoms with Gasteiger partial charge in [0.2, 0.25) is 15.7 Å². The average Bonchev–Trinajstić information content (AvgIpc) is 3.25. The maximum Gasteiger partial charge on any atom is 0.445 e. The Morgan fingerprint density at radius 2 is 2.00 bits per heavy atom. The summed E-state index contributed by atoms with van der Waals surface area (Å²) in [5.41, 5.74) is 0.918. The van der Waals surface area contributed by atoms with Gasteiger partial charge >= 0.3 is 6.18 Å². The minimum absolute atomic E-state index is 0.143. The Labute approximate surface area is 141 Å². The van der Waals surface area contributed by atoms with Crippen molar-refractivity contribution in [2.45, 2.75) is 6.18 Å². The molecule has 0 saturated heterocycles. The van der Waals surface area contributed by atoms with Crippen LogP contribution in [-0.4, -0.2) is 27.8 Å². The average molecular weight is 367 g/mol. The quantitative estimate of drug-likeness (QED) is 0.509. The third kappa shape index (κ3) is 2.24. The number of furan rings is 1. The van der Waals surface area contributed by atoms with Gasteiger partial charge in [-0.15, -0.1) is 5.10 Å². The molecule has 1 aliphatic rings. The normalized spacial score (nSPS) is 14.5. The summed E-state index contributed by atoms with van der Waals surface area (Å²) in [5.74, 6) is 1.54. The summed E-state index contributed by atoms with van der Waals surface area (Å²) in [7, 11) is 0. The van der Waals surface area contributed by atoms with Crippen molar-refractivity contribution < 1.29 is 27.1 Å². The predicted octanol–water partition coefficient (Wildman–Crippen LogP) is 3.99. The molecule has 0 atom stereocenters. The van der Waals surface area contributed by atoms with Gasteiger partial charge in [0.25, 0.3) is 0 Å². The van der Waals surface area contributed by atoms with Gasteiger partial charge in [-0.25, -0.2) is 9.50 Å². The number of ether oxygens (including phenoxy) is 2. The van der Waals surface area contributed by atoms with Crippen molar-refractivity contribution in [3.8, 4) is 23.0 Å². The van der Waals surface area contributed by atoms with Crippen LogP contribution in [0.1, 0.15) is 5.01 Å². The number of rotatable bonds is 1. The fraction of sp³-hybridized carbons (Fsp3) is 0.200. The van der Waals surface area contributed by atoms with Gasteiger partial charge in [0.05, 0.1) is 6.20 Å². The standard InChI is InChI=1S/C15H8F3N3O3S/c16-15(17,18)13-20-21-6-8(19-14(21)25-13)10-5-7-1-2-9-12(11(7)24-10)23-4-3-22-9/h1-2,5-6H,3-4H2. The highest BCUT2D eigenvalue weighted by Crippen LogP contribution is 2.41. The van der Waals surface area contributed by atoms with E-state index < -0.39 is 11.2 Å². The molecular weight excluding hydrogens is 359 g/mol. The molecule has 3 aromatic heterocycles. The van der Waals surface area contributed by atoms with Crippen LogP contribution in [0.3, 0.4) is 0 Å². The Hall–Kier alpha value is -2.75. The van der Waals surface area contributed by atoms with Crippen LogP contribution in [0.15, 0.2) is 28.8 Å². The highest BCUT2D eigenvalue weighted by Gasteiger charge is 2.36. The van der Waals surface area contributed by atoms with Crippen LogP contribution in [0.25, 0.3) is 27.4 Å². The van der Waals surface area contributed by atoms with Crippen LogP contribution >= 0.6 is 11.3 Å². The van der Waals surface area contributed by atoms with Crippen molar-refractivity contribution >= 4 is 27.3 Å². The maximum absolute atomic E-state index is 12.7. The number of fused-ring (bicyclic) bond motifs is 4. The van der Waals surface area contributed by atoms with E-state index >= 15 is 0 Å². The smallest absolute Gasteiger partial charge is 0.445 e. The van der Waals surface area contributed by atoms with E-state index in [2.05, 4.69) is 10.1 Å². The summed E-state index contributed by atoms with van der Waals surface area (Å²) in [6.07, 6.45) is -3.08. The number of hydrogen-bond acceptors (Lipinski definition) is 6. The molecule has 4 aromatic rings. The number of nitrogens with zero attached hydrogens (tertiary/aromatic N) is 3. The second kappa shape index (κ2) is 4.88. The van der Waals surface area contributed by atoms with Crippen molar-refractivity contribution in [1.29, 1.82) is 0 Å². The molecule has 0 fully saturated rings. The molecule has 128 valence electrons. The van der Waals surface area contributed by atoms with Crippen LogP contribution in [0.2, 0.25) is 0 Å². The highest BCUT2D eigenvalue weighted by molar-refractivity contribution is 7.16. The van der Waals surface area contributed by atoms with Gasteiger partial charge in [0.15, 0.2) is 17.1 Å². The van der Waals surface area contributed by atoms with Gasteiger partial charge in [-0.3, -0.25) is 0 Å². The van der Waals surface area contributed by atoms with E-state index in [1.54, 1.807) is 12.1 Å². The molecule has 0 bridgehead atoms. The molecule has 0 amide bonds. The summed E-state index contributed by atoms with van der Waals surface area (Å²) < 4.78 is 56.1. The summed E-state index contributed by atoms with van der Waals surface area (Å²) in [5, 5.41) is 3.37. The van der Waals surface area contributed by atoms with Crippen molar-refractivity contribution in [3.05, 3.63) is 29.4 Å². The van der Waals surface area contributed by atoms with Crippen LogP contribution in [-0.2, 0) is 6.18 Å². The van der Waals surface area contributed by atoms with E-state index in [-0.39, 0.29) is 4.96 Å². The van der Waals surface area contributed by atoms with Crippen molar-refractivity contribution in [2.75, 3.05) is 13.2 Å². The van der Waals surface area contributed by atoms with Gasteiger partial charge in [-0.1, -0.05) is 11.3 Å². The van der Waals surface area contributed by atoms with Gasteiger partial charge in [0, 0.05) is 5.39 Å². The number of halogens is 3. The third-order valence-electron chi connectivity index (χ3n) is 3.73. The first-order valence-electron chi connectivity index (χ1n) is 7.25. The molecule has 0 aliphatic carbocycles. The van der Waals surface area contributed by atoms with E-state index in [0.717, 1.165) is 9.90 Å². The second-order valence-corrected chi connectivity index (χ2v) is 6.33. The first-order chi connectivity index (χ1) is 12.0. The first kappa shape index (κ1) is 14.6. The minimum atomic E-state index is -4.48. The van der Waals surface area contributed by atoms with Crippen molar-refractivity contribution in [2.24, 2.45) is 0 Å². The van der Waals surface area contributed by atoms with Gasteiger partial charge in [-0.05, 0) is 18.2 Å². The Bertz CT molecular complexity index is 1080. The predicted molar refractivity (Wildman–Crippen MR) is 82.1 cm³/mol. The number of alkyl halides is 3. The minimum Gasteiger partial charge on any atom is -0.486 e. The Kier molecular flexibility index (Phi) is 2.85. The molecule has 1 aromatic carbocycles. The van der Waals surface area contributed by atoms with E-state index in [4.69, 9.17) is 13.9 Å². The van der Waals surface area contributed by atoms with Crippen LogP contribution < -0.4 is 9.47 Å². The molecule has 25 heavy (non-hydrogen) atoms. The zero-order valence-electron chi connectivity index (χ0n) is 12.3. The van der Waals surface area contributed by atoms with Gasteiger partial charge < -0.3 is 13.9 Å². The fourth-order valence-corrected chi connectivity index (χ4v) is 3.41. The molecule has 5 rings (SSSR count). The summed E-state index contributed by atoms with van der Waals surface area (Å²) in [6.45, 7) is 0.892. The largest absolute Gasteiger partial charge is 0.486 e. The lowest BCUT2D eigenvalue weighted by molar-refractivity contribution is -0.138. The zero-order valence-corrected chi connectivity index (χ0v) is 13.1. The Balaban J connectivity index is 1.61. The highest BCUT2D eigenvalue weighted by atomic mass is 32.1. The van der Waals surface area contributed by atoms with Crippen molar-refractivity contribution in [1.82, 2.24) is 14.6 Å². The van der Waals surface area contributed by atoms with Crippen LogP contribution in [0.5, 0.6) is 11.5 Å². The summed E-state index contributed by atoms with van der Waals surface area (Å²) in [6, 6.07) is 5.37. The monoisotopic (exact) mass is 367 g/mol. The molecule has 10 heteroatoms. The number of hydrogen-bond donors (Lipinski definition) is 0. The zero-order chi connectivity index (χ0) is 17.2. The van der Waals surface area contributed by atoms with Crippen molar-refractivity contribution in [3.63, 3.8) is 0 Å². The Morgan fingerprint density at radius 1 is 1.16 bits per heavy atom. The molecule has 1 aliphatic heterocycles. The van der Waals surface area contributed by atoms with Gasteiger partial charge in [0.1, 0.15) is 18.9 Å². The third-order valence-corrected chi connectivity index (χ3v) is 4.70. The van der Waals surface area contributed by atoms with E-state index in [1.165, 1.54) is 6.20 Å². The molecule has 0 radical (unpaired) electrons. The lowest BCUT2D eigenvalue weighted by Gasteiger charge is -2.17. The number of imidazole rings is 1. The maximum atomic E-state index is 12.7. The van der Waals surface area contributed by atoms with Gasteiger partial charge in [-0.2, -0.15) is 13.2 Å². The molecule has 0 saturated carbocycles. The Morgan fingerprint density at radius 3 is 2.80 bits per heavy atom. The first-order valence-corrected chi connectivity index (χ1v) is 8.06. The lowest BCUT2D eigenvalue weighted by atomic mass is 10.2. The summed E-state index contributed by atoms with van der Waals surface area (Å²) >= 11 is 0.479. The van der Waals surface area contributed by atoms with Crippen LogP contribution in [0, 0.1) is 0 Å². The molecule has 0 unspecified atom stereocenters. The van der Waals surface area contributed by atoms with E-state index in [1.807, 2.05) is 6.07 Å². The van der Waals surface area contributed by atoms with E-state index in [9.17, 15) is 13.2 Å². The molecule has 0 N–H and O–H groups in total. The second-order valence-electron chi connectivity index (χ2n) is 5.38. The van der Waals surface area contributed by atoms with Crippen LogP contribution in [0.4, 0.5) is 13.2 Å². The summed E-state index contributed by atoms with van der Waals surface area (Å²) in [4.78, 5) is 4.32. The lowest BCUT2D eigenvalue weighted by Crippen LogP contribution is -2.15. The molecular formula is C15H8F3N3O3S. The fourth-order valence-electron chi connectivity index (χ4n) is 2.66. The molecule has 4 heterocycles. The number of benzene rings is 1. The topological polar surface area (TPSA) is 61.8 Å². The van der Waals surface area contributed by atoms with E-state index in [0.29, 0.717) is 53.1 Å². The SMILES string of the molecule is FC(F)(F)c1nn2cc(-c3cc4ccc5c(c4o3)OCCO5)nc2s1. The number of aromatic nitrogens is 3.